The maximum absolute atomic E-state index is 12.8. The molecule has 0 fully saturated rings. The minimum absolute atomic E-state index is 0.276. The summed E-state index contributed by atoms with van der Waals surface area (Å²) in [6.45, 7) is 4.20. The molecule has 30 heavy (non-hydrogen) atoms. The smallest absolute Gasteiger partial charge is 0.265 e. The van der Waals surface area contributed by atoms with Crippen LogP contribution in [0.15, 0.2) is 73.1 Å². The van der Waals surface area contributed by atoms with E-state index in [-0.39, 0.29) is 11.8 Å². The van der Waals surface area contributed by atoms with Crippen LogP contribution in [-0.2, 0) is 11.3 Å². The molecule has 1 aromatic heterocycles. The molecule has 2 N–H and O–H groups in total. The Hall–Kier alpha value is -3.67. The van der Waals surface area contributed by atoms with Crippen LogP contribution in [0, 0.1) is 6.92 Å². The van der Waals surface area contributed by atoms with Crippen molar-refractivity contribution >= 4 is 17.5 Å². The van der Waals surface area contributed by atoms with Crippen molar-refractivity contribution in [1.29, 1.82) is 0 Å². The second-order valence-corrected chi connectivity index (χ2v) is 6.91. The normalized spacial score (nSPS) is 11.4. The zero-order valence-corrected chi connectivity index (χ0v) is 17.1. The average molecular weight is 403 g/mol. The number of nitrogens with zero attached hydrogens (tertiary/aromatic N) is 1. The van der Waals surface area contributed by atoms with Gasteiger partial charge < -0.3 is 15.4 Å². The molecule has 1 heterocycles. The molecule has 0 spiro atoms. The minimum atomic E-state index is -0.668. The molecular formula is C24H25N3O3. The first-order chi connectivity index (χ1) is 14.6. The van der Waals surface area contributed by atoms with Crippen LogP contribution in [-0.4, -0.2) is 22.9 Å². The maximum atomic E-state index is 12.8. The summed E-state index contributed by atoms with van der Waals surface area (Å²) < 4.78 is 5.86. The Morgan fingerprint density at radius 2 is 1.90 bits per heavy atom. The Morgan fingerprint density at radius 3 is 2.63 bits per heavy atom. The summed E-state index contributed by atoms with van der Waals surface area (Å²) in [6, 6.07) is 18.2. The van der Waals surface area contributed by atoms with Crippen molar-refractivity contribution in [2.45, 2.75) is 32.9 Å². The number of anilines is 1. The topological polar surface area (TPSA) is 80.3 Å². The van der Waals surface area contributed by atoms with Gasteiger partial charge in [0.15, 0.2) is 6.10 Å². The van der Waals surface area contributed by atoms with E-state index in [2.05, 4.69) is 15.6 Å². The molecule has 0 unspecified atom stereocenters. The fraction of sp³-hybridized carbons (Fsp3) is 0.208. The van der Waals surface area contributed by atoms with Crippen molar-refractivity contribution in [2.24, 2.45) is 0 Å². The highest BCUT2D eigenvalue weighted by Gasteiger charge is 2.21. The molecule has 3 aromatic rings. The summed E-state index contributed by atoms with van der Waals surface area (Å²) in [5.41, 5.74) is 2.78. The highest BCUT2D eigenvalue weighted by molar-refractivity contribution is 6.04. The van der Waals surface area contributed by atoms with Gasteiger partial charge in [0.1, 0.15) is 5.75 Å². The number of pyridine rings is 1. The Bertz CT molecular complexity index is 1010. The molecule has 1 atom stereocenters. The lowest BCUT2D eigenvalue weighted by Gasteiger charge is -2.19. The number of nitrogens with one attached hydrogen (secondary N) is 2. The van der Waals surface area contributed by atoms with Gasteiger partial charge in [-0.25, -0.2) is 0 Å². The molecule has 0 radical (unpaired) electrons. The summed E-state index contributed by atoms with van der Waals surface area (Å²) in [4.78, 5) is 29.5. The lowest BCUT2D eigenvalue weighted by Crippen LogP contribution is -2.33. The largest absolute Gasteiger partial charge is 0.481 e. The summed E-state index contributed by atoms with van der Waals surface area (Å²) >= 11 is 0. The van der Waals surface area contributed by atoms with Gasteiger partial charge in [0.05, 0.1) is 11.3 Å². The number of amides is 2. The van der Waals surface area contributed by atoms with E-state index in [4.69, 9.17) is 4.74 Å². The first-order valence-electron chi connectivity index (χ1n) is 9.87. The van der Waals surface area contributed by atoms with Crippen LogP contribution in [0.5, 0.6) is 5.75 Å². The second kappa shape index (κ2) is 10.2. The highest BCUT2D eigenvalue weighted by atomic mass is 16.5. The minimum Gasteiger partial charge on any atom is -0.481 e. The molecule has 0 saturated carbocycles. The van der Waals surface area contributed by atoms with Crippen molar-refractivity contribution in [3.05, 3.63) is 89.7 Å². The fourth-order valence-electron chi connectivity index (χ4n) is 2.96. The summed E-state index contributed by atoms with van der Waals surface area (Å²) in [6.07, 6.45) is 3.20. The Balaban J connectivity index is 1.68. The molecule has 3 rings (SSSR count). The molecular weight excluding hydrogens is 378 g/mol. The van der Waals surface area contributed by atoms with Crippen LogP contribution >= 0.6 is 0 Å². The number of hydrogen-bond acceptors (Lipinski definition) is 4. The van der Waals surface area contributed by atoms with Gasteiger partial charge in [0.25, 0.3) is 11.8 Å². The van der Waals surface area contributed by atoms with E-state index < -0.39 is 6.10 Å². The van der Waals surface area contributed by atoms with E-state index in [1.165, 1.54) is 0 Å². The monoisotopic (exact) mass is 403 g/mol. The van der Waals surface area contributed by atoms with Crippen molar-refractivity contribution in [3.63, 3.8) is 0 Å². The molecule has 2 amide bonds. The van der Waals surface area contributed by atoms with Gasteiger partial charge >= 0.3 is 0 Å². The van der Waals surface area contributed by atoms with Gasteiger partial charge in [-0.2, -0.15) is 0 Å². The fourth-order valence-corrected chi connectivity index (χ4v) is 2.96. The van der Waals surface area contributed by atoms with Crippen molar-refractivity contribution in [3.8, 4) is 5.75 Å². The molecule has 0 saturated heterocycles. The molecule has 0 aliphatic carbocycles. The number of para-hydroxylation sites is 1. The summed E-state index contributed by atoms with van der Waals surface area (Å²) in [5, 5.41) is 5.70. The Morgan fingerprint density at radius 1 is 1.07 bits per heavy atom. The first-order valence-corrected chi connectivity index (χ1v) is 9.87. The van der Waals surface area contributed by atoms with Crippen LogP contribution in [0.3, 0.4) is 0 Å². The molecule has 154 valence electrons. The van der Waals surface area contributed by atoms with Gasteiger partial charge in [-0.05, 0) is 54.8 Å². The van der Waals surface area contributed by atoms with Crippen LogP contribution in [0.25, 0.3) is 0 Å². The molecule has 2 aromatic carbocycles. The average Bonchev–Trinajstić information content (AvgIpc) is 2.77. The molecule has 6 heteroatoms. The third-order valence-corrected chi connectivity index (χ3v) is 4.54. The van der Waals surface area contributed by atoms with Crippen molar-refractivity contribution in [2.75, 3.05) is 5.32 Å². The Labute approximate surface area is 176 Å². The van der Waals surface area contributed by atoms with E-state index in [0.29, 0.717) is 30.0 Å². The number of aromatic nitrogens is 1. The zero-order chi connectivity index (χ0) is 21.3. The number of benzene rings is 2. The van der Waals surface area contributed by atoms with Gasteiger partial charge in [0.2, 0.25) is 0 Å². The van der Waals surface area contributed by atoms with E-state index in [1.807, 2.05) is 50.2 Å². The number of carbonyl (C=O) groups excluding carboxylic acids is 2. The van der Waals surface area contributed by atoms with E-state index in [9.17, 15) is 9.59 Å². The van der Waals surface area contributed by atoms with Gasteiger partial charge in [-0.1, -0.05) is 37.3 Å². The van der Waals surface area contributed by atoms with Gasteiger partial charge in [-0.3, -0.25) is 14.6 Å². The van der Waals surface area contributed by atoms with Crippen LogP contribution in [0.4, 0.5) is 5.69 Å². The summed E-state index contributed by atoms with van der Waals surface area (Å²) in [7, 11) is 0. The van der Waals surface area contributed by atoms with E-state index in [0.717, 1.165) is 11.1 Å². The number of hydrogen-bond donors (Lipinski definition) is 2. The molecule has 6 nitrogen and oxygen atoms in total. The lowest BCUT2D eigenvalue weighted by molar-refractivity contribution is -0.122. The molecule has 0 aliphatic rings. The lowest BCUT2D eigenvalue weighted by atomic mass is 10.1. The summed E-state index contributed by atoms with van der Waals surface area (Å²) in [5.74, 6) is 0.0634. The predicted molar refractivity (Wildman–Crippen MR) is 116 cm³/mol. The standard InChI is InChI=1S/C24H25N3O3/c1-3-22(30-19-10-6-8-17(2)14-19)24(29)27-21-12-5-4-11-20(21)23(28)26-16-18-9-7-13-25-15-18/h4-15,22H,3,16H2,1-2H3,(H,26,28)(H,27,29)/t22-/m0/s1. The van der Waals surface area contributed by atoms with Gasteiger partial charge in [0, 0.05) is 18.9 Å². The van der Waals surface area contributed by atoms with Gasteiger partial charge in [-0.15, -0.1) is 0 Å². The quantitative estimate of drug-likeness (QED) is 0.593. The predicted octanol–water partition coefficient (Wildman–Crippen LogP) is 4.12. The van der Waals surface area contributed by atoms with E-state index in [1.54, 1.807) is 36.7 Å². The number of ether oxygens (including phenoxy) is 1. The SMILES string of the molecule is CC[C@H](Oc1cccc(C)c1)C(=O)Nc1ccccc1C(=O)NCc1cccnc1. The Kier molecular flexibility index (Phi) is 7.16. The van der Waals surface area contributed by atoms with Crippen LogP contribution < -0.4 is 15.4 Å². The van der Waals surface area contributed by atoms with Crippen LogP contribution in [0.1, 0.15) is 34.8 Å². The van der Waals surface area contributed by atoms with Crippen molar-refractivity contribution < 1.29 is 14.3 Å². The zero-order valence-electron chi connectivity index (χ0n) is 17.1. The maximum Gasteiger partial charge on any atom is 0.265 e. The molecule has 0 bridgehead atoms. The van der Waals surface area contributed by atoms with E-state index >= 15 is 0 Å². The first kappa shape index (κ1) is 21.0. The molecule has 0 aliphatic heterocycles. The number of rotatable bonds is 8. The van der Waals surface area contributed by atoms with Crippen molar-refractivity contribution in [1.82, 2.24) is 10.3 Å². The van der Waals surface area contributed by atoms with Crippen LogP contribution in [0.2, 0.25) is 0 Å². The third kappa shape index (κ3) is 5.67. The number of carbonyl (C=O) groups is 2. The third-order valence-electron chi connectivity index (χ3n) is 4.54. The second-order valence-electron chi connectivity index (χ2n) is 6.91. The number of aryl methyl sites for hydroxylation is 1. The highest BCUT2D eigenvalue weighted by Crippen LogP contribution is 2.19.